The summed E-state index contributed by atoms with van der Waals surface area (Å²) >= 11 is 0. The van der Waals surface area contributed by atoms with E-state index >= 15 is 0 Å². The second kappa shape index (κ2) is 11.5. The van der Waals surface area contributed by atoms with Crippen molar-refractivity contribution in [2.45, 2.75) is 44.9 Å². The first kappa shape index (κ1) is 25.9. The van der Waals surface area contributed by atoms with Crippen LogP contribution in [-0.4, -0.2) is 8.42 Å². The van der Waals surface area contributed by atoms with Gasteiger partial charge in [0.05, 0.1) is 9.79 Å². The van der Waals surface area contributed by atoms with Crippen molar-refractivity contribution in [2.75, 3.05) is 0 Å². The molecule has 0 fully saturated rings. The fourth-order valence-corrected chi connectivity index (χ4v) is 4.18. The zero-order valence-electron chi connectivity index (χ0n) is 18.9. The van der Waals surface area contributed by atoms with Gasteiger partial charge in [0.25, 0.3) is 0 Å². The predicted octanol–water partition coefficient (Wildman–Crippen LogP) is 7.87. The van der Waals surface area contributed by atoms with Gasteiger partial charge in [-0.2, -0.15) is 0 Å². The Balaban J connectivity index is 0.000000228. The molecule has 33 heavy (non-hydrogen) atoms. The molecule has 0 saturated carbocycles. The summed E-state index contributed by atoms with van der Waals surface area (Å²) in [5.74, 6) is 1.76. The van der Waals surface area contributed by atoms with Crippen molar-refractivity contribution < 1.29 is 13.2 Å². The highest BCUT2D eigenvalue weighted by atomic mass is 32.2. The minimum absolute atomic E-state index is 0. The zero-order valence-corrected chi connectivity index (χ0v) is 19.7. The highest BCUT2D eigenvalue weighted by Crippen LogP contribution is 2.22. The van der Waals surface area contributed by atoms with Gasteiger partial charge in [-0.3, -0.25) is 0 Å². The van der Waals surface area contributed by atoms with Gasteiger partial charge in [-0.15, -0.1) is 0 Å². The minimum Gasteiger partial charge on any atom is -0.457 e. The van der Waals surface area contributed by atoms with Crippen molar-refractivity contribution in [3.63, 3.8) is 0 Å². The lowest BCUT2D eigenvalue weighted by Crippen LogP contribution is -2.01. The van der Waals surface area contributed by atoms with Gasteiger partial charge >= 0.3 is 0 Å². The Morgan fingerprint density at radius 1 is 0.455 bits per heavy atom. The van der Waals surface area contributed by atoms with Gasteiger partial charge in [0.15, 0.2) is 0 Å². The highest BCUT2D eigenvalue weighted by Gasteiger charge is 2.16. The molecule has 0 bridgehead atoms. The quantitative estimate of drug-likeness (QED) is 0.311. The molecule has 172 valence electrons. The number of benzene rings is 4. The fraction of sp³-hybridized carbons (Fsp3) is 0.172. The van der Waals surface area contributed by atoms with E-state index in [2.05, 4.69) is 13.8 Å². The summed E-state index contributed by atoms with van der Waals surface area (Å²) in [4.78, 5) is 0.680. The van der Waals surface area contributed by atoms with Crippen molar-refractivity contribution in [3.05, 3.63) is 119 Å². The molecule has 0 saturated heterocycles. The third-order valence-electron chi connectivity index (χ3n) is 4.94. The molecule has 0 heterocycles. The molecule has 0 aliphatic heterocycles. The van der Waals surface area contributed by atoms with Gasteiger partial charge in [-0.05, 0) is 76.2 Å². The zero-order chi connectivity index (χ0) is 23.1. The topological polar surface area (TPSA) is 43.4 Å². The van der Waals surface area contributed by atoms with E-state index < -0.39 is 9.84 Å². The minimum atomic E-state index is -3.37. The van der Waals surface area contributed by atoms with Gasteiger partial charge in [0.2, 0.25) is 9.84 Å². The molecule has 4 rings (SSSR count). The van der Waals surface area contributed by atoms with Crippen molar-refractivity contribution in [3.8, 4) is 11.5 Å². The van der Waals surface area contributed by atoms with Crippen LogP contribution in [-0.2, 0) is 9.84 Å². The summed E-state index contributed by atoms with van der Waals surface area (Å²) in [7, 11) is -3.37. The van der Waals surface area contributed by atoms with E-state index in [1.165, 1.54) is 11.1 Å². The summed E-state index contributed by atoms with van der Waals surface area (Å²) in [6.45, 7) is 8.00. The Morgan fingerprint density at radius 3 is 0.970 bits per heavy atom. The first-order chi connectivity index (χ1) is 15.2. The first-order valence-corrected chi connectivity index (χ1v) is 11.9. The van der Waals surface area contributed by atoms with Crippen molar-refractivity contribution in [1.29, 1.82) is 0 Å². The van der Waals surface area contributed by atoms with Gasteiger partial charge in [-0.1, -0.05) is 78.2 Å². The van der Waals surface area contributed by atoms with E-state index in [0.29, 0.717) is 9.79 Å². The van der Waals surface area contributed by atoms with Crippen LogP contribution in [0.4, 0.5) is 0 Å². The van der Waals surface area contributed by atoms with Crippen LogP contribution in [0.2, 0.25) is 0 Å². The Hall–Kier alpha value is -3.37. The molecule has 0 aromatic heterocycles. The highest BCUT2D eigenvalue weighted by molar-refractivity contribution is 7.91. The molecule has 0 radical (unpaired) electrons. The monoisotopic (exact) mass is 460 g/mol. The second-order valence-electron chi connectivity index (χ2n) is 7.86. The van der Waals surface area contributed by atoms with Gasteiger partial charge < -0.3 is 4.74 Å². The normalized spacial score (nSPS) is 10.4. The summed E-state index contributed by atoms with van der Waals surface area (Å²) < 4.78 is 30.2. The molecule has 4 heteroatoms. The Morgan fingerprint density at radius 2 is 0.697 bits per heavy atom. The number of hydrogen-bond acceptors (Lipinski definition) is 3. The Kier molecular flexibility index (Phi) is 9.01. The fourth-order valence-electron chi connectivity index (χ4n) is 2.92. The van der Waals surface area contributed by atoms with Crippen LogP contribution in [0.5, 0.6) is 11.5 Å². The number of sulfone groups is 1. The molecule has 0 aliphatic rings. The van der Waals surface area contributed by atoms with E-state index in [9.17, 15) is 8.42 Å². The number of aryl methyl sites for hydroxylation is 4. The molecule has 0 aliphatic carbocycles. The lowest BCUT2D eigenvalue weighted by molar-refractivity contribution is 0.482. The first-order valence-electron chi connectivity index (χ1n) is 10.4. The molecule has 0 unspecified atom stereocenters. The summed E-state index contributed by atoms with van der Waals surface area (Å²) in [6, 6.07) is 29.9. The standard InChI is InChI=1S/C14H14O2S.C14H14O.CH4/c1-11-3-7-13(8-4-11)17(15,16)14-9-5-12(2)6-10-14;1-11-3-7-13(8-4-11)15-14-9-5-12(2)6-10-14;/h3-10H,1-2H3;3-10H,1-2H3;1H4. The molecule has 0 N–H and O–H groups in total. The summed E-state index contributed by atoms with van der Waals surface area (Å²) in [6.07, 6.45) is 0. The largest absolute Gasteiger partial charge is 0.457 e. The molecule has 0 amide bonds. The van der Waals surface area contributed by atoms with E-state index in [1.807, 2.05) is 62.4 Å². The second-order valence-corrected chi connectivity index (χ2v) is 9.81. The smallest absolute Gasteiger partial charge is 0.206 e. The Labute approximate surface area is 198 Å². The molecule has 0 atom stereocenters. The maximum atomic E-state index is 12.3. The molecule has 0 spiro atoms. The van der Waals surface area contributed by atoms with Crippen LogP contribution in [0.3, 0.4) is 0 Å². The molecular weight excluding hydrogens is 428 g/mol. The van der Waals surface area contributed by atoms with Crippen molar-refractivity contribution in [2.24, 2.45) is 0 Å². The van der Waals surface area contributed by atoms with Crippen LogP contribution in [0.25, 0.3) is 0 Å². The lowest BCUT2D eigenvalue weighted by atomic mass is 10.2. The van der Waals surface area contributed by atoms with Crippen molar-refractivity contribution >= 4 is 9.84 Å². The maximum absolute atomic E-state index is 12.3. The van der Waals surface area contributed by atoms with Crippen LogP contribution in [0.1, 0.15) is 29.7 Å². The van der Waals surface area contributed by atoms with Gasteiger partial charge in [0.1, 0.15) is 11.5 Å². The van der Waals surface area contributed by atoms with Gasteiger partial charge in [-0.25, -0.2) is 8.42 Å². The lowest BCUT2D eigenvalue weighted by Gasteiger charge is -2.05. The van der Waals surface area contributed by atoms with E-state index in [1.54, 1.807) is 48.5 Å². The van der Waals surface area contributed by atoms with Crippen LogP contribution < -0.4 is 4.74 Å². The average molecular weight is 461 g/mol. The van der Waals surface area contributed by atoms with Crippen LogP contribution in [0.15, 0.2) is 107 Å². The van der Waals surface area contributed by atoms with E-state index in [4.69, 9.17) is 4.74 Å². The third kappa shape index (κ3) is 7.33. The number of hydrogen-bond donors (Lipinski definition) is 0. The molecular formula is C29H32O3S. The molecule has 3 nitrogen and oxygen atoms in total. The van der Waals surface area contributed by atoms with Crippen molar-refractivity contribution in [1.82, 2.24) is 0 Å². The van der Waals surface area contributed by atoms with E-state index in [-0.39, 0.29) is 7.43 Å². The maximum Gasteiger partial charge on any atom is 0.206 e. The van der Waals surface area contributed by atoms with Crippen LogP contribution >= 0.6 is 0 Å². The SMILES string of the molecule is C.Cc1ccc(Oc2ccc(C)cc2)cc1.Cc1ccc(S(=O)(=O)c2ccc(C)cc2)cc1. The predicted molar refractivity (Wildman–Crippen MR) is 137 cm³/mol. The van der Waals surface area contributed by atoms with Crippen LogP contribution in [0, 0.1) is 27.7 Å². The number of ether oxygens (including phenoxy) is 1. The Bertz CT molecular complexity index is 1140. The molecule has 4 aromatic carbocycles. The summed E-state index contributed by atoms with van der Waals surface area (Å²) in [5, 5.41) is 0. The average Bonchev–Trinajstić information content (AvgIpc) is 2.78. The molecule has 4 aromatic rings. The third-order valence-corrected chi connectivity index (χ3v) is 6.73. The number of rotatable bonds is 4. The van der Waals surface area contributed by atoms with Gasteiger partial charge in [0, 0.05) is 0 Å². The van der Waals surface area contributed by atoms with E-state index in [0.717, 1.165) is 22.6 Å². The summed E-state index contributed by atoms with van der Waals surface area (Å²) in [5.41, 5.74) is 4.58.